The molecule has 31 heavy (non-hydrogen) atoms. The van der Waals surface area contributed by atoms with E-state index in [1.165, 1.54) is 15.2 Å². The molecule has 1 amide bonds. The largest absolute Gasteiger partial charge is 0.346 e. The molecule has 0 saturated heterocycles. The van der Waals surface area contributed by atoms with E-state index in [1.54, 1.807) is 43.7 Å². The van der Waals surface area contributed by atoms with Crippen LogP contribution in [-0.2, 0) is 22.7 Å². The van der Waals surface area contributed by atoms with Gasteiger partial charge in [0.2, 0.25) is 22.7 Å². The fraction of sp³-hybridized carbons (Fsp3) is 0.200. The zero-order valence-corrected chi connectivity index (χ0v) is 17.4. The Balaban J connectivity index is 1.51. The number of carbonyl (C=O) groups excluding carboxylic acids is 1. The van der Waals surface area contributed by atoms with Gasteiger partial charge >= 0.3 is 0 Å². The quantitative estimate of drug-likeness (QED) is 0.398. The van der Waals surface area contributed by atoms with Crippen LogP contribution in [0.3, 0.4) is 0 Å². The van der Waals surface area contributed by atoms with Gasteiger partial charge in [-0.05, 0) is 31.0 Å². The third kappa shape index (κ3) is 3.75. The first-order chi connectivity index (χ1) is 15.0. The molecule has 0 aliphatic heterocycles. The Morgan fingerprint density at radius 1 is 1.16 bits per heavy atom. The number of aromatic amines is 1. The van der Waals surface area contributed by atoms with E-state index in [9.17, 15) is 13.2 Å². The number of nitrogens with one attached hydrogen (secondary N) is 2. The highest BCUT2D eigenvalue weighted by atomic mass is 32.2. The van der Waals surface area contributed by atoms with E-state index in [-0.39, 0.29) is 17.8 Å². The van der Waals surface area contributed by atoms with Gasteiger partial charge in [0.1, 0.15) is 5.65 Å². The normalized spacial score (nSPS) is 13.6. The molecule has 4 aromatic rings. The van der Waals surface area contributed by atoms with Gasteiger partial charge in [-0.2, -0.15) is 10.1 Å². The number of hydrogen-bond donors (Lipinski definition) is 3. The molecule has 1 aromatic carbocycles. The minimum absolute atomic E-state index is 0.0400. The smallest absolute Gasteiger partial charge is 0.232 e. The Morgan fingerprint density at radius 3 is 2.58 bits per heavy atom. The van der Waals surface area contributed by atoms with Crippen molar-refractivity contribution in [2.45, 2.75) is 12.8 Å². The van der Waals surface area contributed by atoms with E-state index in [0.29, 0.717) is 22.7 Å². The van der Waals surface area contributed by atoms with Crippen LogP contribution in [0.2, 0.25) is 0 Å². The molecule has 11 heteroatoms. The van der Waals surface area contributed by atoms with Crippen molar-refractivity contribution in [1.82, 2.24) is 24.7 Å². The molecule has 3 aromatic heterocycles. The summed E-state index contributed by atoms with van der Waals surface area (Å²) in [5, 5.41) is 7.63. The van der Waals surface area contributed by atoms with Gasteiger partial charge in [0.05, 0.1) is 23.3 Å². The summed E-state index contributed by atoms with van der Waals surface area (Å²) in [7, 11) is -1.18. The standard InChI is InChI=1S/C20H19N7O3S/c1-26-11-15(10-22-26)27(31(29)30)14-6-4-12(5-7-14)17-16-8-9-21-18(16)24-20(23-17)25-19(28)13-2-3-13/h4-11,13,31H,2-3H2,1H3,(H2,21,23,24,25,28). The Kier molecular flexibility index (Phi) is 4.66. The maximum absolute atomic E-state index is 12.1. The lowest BCUT2D eigenvalue weighted by atomic mass is 10.1. The average Bonchev–Trinajstić information content (AvgIpc) is 3.36. The number of aromatic nitrogens is 5. The number of carbonyl (C=O) groups is 1. The van der Waals surface area contributed by atoms with Gasteiger partial charge in [0.15, 0.2) is 0 Å². The number of benzene rings is 1. The summed E-state index contributed by atoms with van der Waals surface area (Å²) in [6.07, 6.45) is 6.65. The average molecular weight is 437 g/mol. The summed E-state index contributed by atoms with van der Waals surface area (Å²) in [5.41, 5.74) is 2.95. The highest BCUT2D eigenvalue weighted by Crippen LogP contribution is 2.32. The van der Waals surface area contributed by atoms with Crippen molar-refractivity contribution in [3.63, 3.8) is 0 Å². The summed E-state index contributed by atoms with van der Waals surface area (Å²) in [5.74, 6) is 0.210. The molecule has 0 unspecified atom stereocenters. The third-order valence-corrected chi connectivity index (χ3v) is 5.87. The van der Waals surface area contributed by atoms with Crippen molar-refractivity contribution in [3.8, 4) is 11.3 Å². The Morgan fingerprint density at radius 2 is 1.94 bits per heavy atom. The lowest BCUT2D eigenvalue weighted by Gasteiger charge is -2.16. The van der Waals surface area contributed by atoms with Crippen LogP contribution >= 0.6 is 0 Å². The van der Waals surface area contributed by atoms with Gasteiger partial charge in [-0.1, -0.05) is 12.1 Å². The van der Waals surface area contributed by atoms with Crippen molar-refractivity contribution in [2.75, 3.05) is 9.62 Å². The van der Waals surface area contributed by atoms with E-state index in [1.807, 2.05) is 6.07 Å². The van der Waals surface area contributed by atoms with Crippen LogP contribution < -0.4 is 9.62 Å². The summed E-state index contributed by atoms with van der Waals surface area (Å²) in [4.78, 5) is 24.1. The zero-order valence-electron chi connectivity index (χ0n) is 16.5. The molecule has 1 aliphatic rings. The molecule has 0 bridgehead atoms. The molecule has 0 radical (unpaired) electrons. The SMILES string of the molecule is Cn1cc(N(c2ccc(-c3nc(NC(=O)C4CC4)nc4[nH]ccc34)cc2)[SH](=O)=O)cn1. The predicted molar refractivity (Wildman–Crippen MR) is 116 cm³/mol. The number of hydrogen-bond acceptors (Lipinski definition) is 6. The maximum Gasteiger partial charge on any atom is 0.232 e. The summed E-state index contributed by atoms with van der Waals surface area (Å²) < 4.78 is 26.5. The Hall–Kier alpha value is -3.73. The number of anilines is 3. The first-order valence-electron chi connectivity index (χ1n) is 9.69. The first-order valence-corrected chi connectivity index (χ1v) is 10.8. The molecule has 10 nitrogen and oxygen atoms in total. The van der Waals surface area contributed by atoms with E-state index in [4.69, 9.17) is 0 Å². The van der Waals surface area contributed by atoms with Crippen LogP contribution in [0.1, 0.15) is 12.8 Å². The number of thiol groups is 1. The summed E-state index contributed by atoms with van der Waals surface area (Å²) in [6.45, 7) is 0. The third-order valence-electron chi connectivity index (χ3n) is 5.08. The number of rotatable bonds is 6. The monoisotopic (exact) mass is 437 g/mol. The van der Waals surface area contributed by atoms with Gasteiger partial charge < -0.3 is 4.98 Å². The molecule has 3 heterocycles. The number of H-pyrrole nitrogens is 1. The van der Waals surface area contributed by atoms with Crippen molar-refractivity contribution < 1.29 is 13.2 Å². The molecule has 0 spiro atoms. The second-order valence-electron chi connectivity index (χ2n) is 7.37. The van der Waals surface area contributed by atoms with E-state index >= 15 is 0 Å². The van der Waals surface area contributed by atoms with Gasteiger partial charge in [-0.3, -0.25) is 14.8 Å². The molecule has 5 rings (SSSR count). The van der Waals surface area contributed by atoms with Crippen molar-refractivity contribution in [2.24, 2.45) is 13.0 Å². The van der Waals surface area contributed by atoms with Gasteiger partial charge in [0.25, 0.3) is 0 Å². The number of aryl methyl sites for hydroxylation is 1. The number of fused-ring (bicyclic) bond motifs is 1. The lowest BCUT2D eigenvalue weighted by Crippen LogP contribution is -2.16. The molecular weight excluding hydrogens is 418 g/mol. The predicted octanol–water partition coefficient (Wildman–Crippen LogP) is 2.37. The van der Waals surface area contributed by atoms with Crippen molar-refractivity contribution in [1.29, 1.82) is 0 Å². The zero-order chi connectivity index (χ0) is 21.5. The van der Waals surface area contributed by atoms with E-state index in [0.717, 1.165) is 23.8 Å². The maximum atomic E-state index is 12.1. The second-order valence-corrected chi connectivity index (χ2v) is 8.24. The number of nitrogens with zero attached hydrogens (tertiary/aromatic N) is 5. The summed E-state index contributed by atoms with van der Waals surface area (Å²) >= 11 is 0. The second kappa shape index (κ2) is 7.51. The molecular formula is C20H19N7O3S. The minimum atomic E-state index is -2.90. The molecule has 1 saturated carbocycles. The highest BCUT2D eigenvalue weighted by Gasteiger charge is 2.30. The van der Waals surface area contributed by atoms with E-state index < -0.39 is 10.9 Å². The summed E-state index contributed by atoms with van der Waals surface area (Å²) in [6, 6.07) is 8.85. The van der Waals surface area contributed by atoms with Gasteiger partial charge in [-0.15, -0.1) is 0 Å². The van der Waals surface area contributed by atoms with Crippen LogP contribution in [0.25, 0.3) is 22.3 Å². The molecule has 1 fully saturated rings. The Bertz CT molecular complexity index is 1340. The first kappa shape index (κ1) is 19.2. The van der Waals surface area contributed by atoms with Gasteiger partial charge in [0, 0.05) is 36.3 Å². The van der Waals surface area contributed by atoms with Crippen LogP contribution in [0.4, 0.5) is 17.3 Å². The molecule has 2 N–H and O–H groups in total. The fourth-order valence-corrected chi connectivity index (χ4v) is 4.00. The minimum Gasteiger partial charge on any atom is -0.346 e. The molecule has 0 atom stereocenters. The number of amides is 1. The van der Waals surface area contributed by atoms with Gasteiger partial charge in [-0.25, -0.2) is 17.7 Å². The van der Waals surface area contributed by atoms with Crippen LogP contribution in [0.15, 0.2) is 48.9 Å². The van der Waals surface area contributed by atoms with Crippen molar-refractivity contribution in [3.05, 3.63) is 48.9 Å². The van der Waals surface area contributed by atoms with Crippen LogP contribution in [0, 0.1) is 5.92 Å². The highest BCUT2D eigenvalue weighted by molar-refractivity contribution is 7.74. The molecule has 158 valence electrons. The fourth-order valence-electron chi connectivity index (χ4n) is 3.39. The molecule has 1 aliphatic carbocycles. The van der Waals surface area contributed by atoms with E-state index in [2.05, 4.69) is 25.4 Å². The topological polar surface area (TPSA) is 126 Å². The lowest BCUT2D eigenvalue weighted by molar-refractivity contribution is -0.117. The van der Waals surface area contributed by atoms with Crippen molar-refractivity contribution >= 4 is 45.2 Å². The Labute approximate surface area is 179 Å². The van der Waals surface area contributed by atoms with Crippen LogP contribution in [-0.4, -0.2) is 39.1 Å². The van der Waals surface area contributed by atoms with Crippen LogP contribution in [0.5, 0.6) is 0 Å².